The number of fused-ring (bicyclic) bond motifs is 1. The summed E-state index contributed by atoms with van der Waals surface area (Å²) < 4.78 is 40.9. The number of rotatable bonds is 1. The average molecular weight is 279 g/mol. The number of aromatic amines is 1. The van der Waals surface area contributed by atoms with E-state index < -0.39 is 23.1 Å². The highest BCUT2D eigenvalue weighted by atomic mass is 19.2. The summed E-state index contributed by atoms with van der Waals surface area (Å²) in [6, 6.07) is 6.26. The van der Waals surface area contributed by atoms with Crippen LogP contribution in [0.25, 0.3) is 16.7 Å². The second-order valence-corrected chi connectivity index (χ2v) is 4.24. The molecule has 0 atom stereocenters. The molecule has 0 aliphatic rings. The van der Waals surface area contributed by atoms with Crippen molar-refractivity contribution in [1.82, 2.24) is 9.55 Å². The van der Waals surface area contributed by atoms with Crippen molar-refractivity contribution in [3.05, 3.63) is 58.3 Å². The van der Waals surface area contributed by atoms with Gasteiger partial charge in [-0.25, -0.2) is 18.0 Å². The molecule has 0 unspecified atom stereocenters. The van der Waals surface area contributed by atoms with Crippen LogP contribution < -0.4 is 11.4 Å². The maximum Gasteiger partial charge on any atom is 0.331 e. The molecule has 0 radical (unpaired) electrons. The van der Waals surface area contributed by atoms with Crippen molar-refractivity contribution in [3.8, 4) is 5.69 Å². The molecule has 0 aliphatic heterocycles. The zero-order chi connectivity index (χ0) is 14.4. The number of nitrogens with zero attached hydrogens (tertiary/aromatic N) is 1. The quantitative estimate of drug-likeness (QED) is 0.530. The van der Waals surface area contributed by atoms with Gasteiger partial charge in [0.2, 0.25) is 0 Å². The summed E-state index contributed by atoms with van der Waals surface area (Å²) in [7, 11) is 0. The number of halogens is 3. The Kier molecular flexibility index (Phi) is 2.56. The van der Waals surface area contributed by atoms with Gasteiger partial charge in [0.15, 0.2) is 17.5 Å². The zero-order valence-electron chi connectivity index (χ0n) is 9.95. The molecular formula is C13H8F3N3O. The maximum absolute atomic E-state index is 13.8. The Morgan fingerprint density at radius 1 is 1.05 bits per heavy atom. The van der Waals surface area contributed by atoms with Crippen LogP contribution in [0.15, 0.2) is 35.1 Å². The van der Waals surface area contributed by atoms with Gasteiger partial charge >= 0.3 is 5.69 Å². The lowest BCUT2D eigenvalue weighted by Crippen LogP contribution is -2.16. The van der Waals surface area contributed by atoms with Crippen molar-refractivity contribution in [3.63, 3.8) is 0 Å². The Morgan fingerprint density at radius 3 is 2.55 bits per heavy atom. The van der Waals surface area contributed by atoms with E-state index in [2.05, 4.69) is 4.98 Å². The number of anilines is 1. The van der Waals surface area contributed by atoms with Gasteiger partial charge < -0.3 is 10.7 Å². The lowest BCUT2D eigenvalue weighted by molar-refractivity contribution is 0.444. The molecule has 2 aromatic carbocycles. The minimum atomic E-state index is -1.63. The summed E-state index contributed by atoms with van der Waals surface area (Å²) in [5.74, 6) is -4.37. The Bertz CT molecular complexity index is 882. The first-order chi connectivity index (χ1) is 9.49. The Morgan fingerprint density at radius 2 is 1.80 bits per heavy atom. The topological polar surface area (TPSA) is 63.8 Å². The average Bonchev–Trinajstić information content (AvgIpc) is 2.72. The summed E-state index contributed by atoms with van der Waals surface area (Å²) in [6.45, 7) is 0. The molecule has 1 aromatic heterocycles. The van der Waals surface area contributed by atoms with Gasteiger partial charge in [-0.1, -0.05) is 0 Å². The number of nitrogens with one attached hydrogen (secondary N) is 1. The molecule has 20 heavy (non-hydrogen) atoms. The van der Waals surface area contributed by atoms with Crippen LogP contribution in [0.2, 0.25) is 0 Å². The van der Waals surface area contributed by atoms with Crippen LogP contribution in [0.1, 0.15) is 0 Å². The summed E-state index contributed by atoms with van der Waals surface area (Å²) in [6.07, 6.45) is 0. The number of imidazole rings is 1. The molecule has 0 aliphatic carbocycles. The molecular weight excluding hydrogens is 271 g/mol. The van der Waals surface area contributed by atoms with E-state index in [9.17, 15) is 18.0 Å². The summed E-state index contributed by atoms with van der Waals surface area (Å²) in [4.78, 5) is 14.4. The fraction of sp³-hybridized carbons (Fsp3) is 0. The Labute approximate surface area is 110 Å². The number of nitrogen functional groups attached to an aromatic ring is 1. The van der Waals surface area contributed by atoms with E-state index in [0.29, 0.717) is 16.7 Å². The molecule has 0 fully saturated rings. The van der Waals surface area contributed by atoms with E-state index in [-0.39, 0.29) is 5.69 Å². The normalized spacial score (nSPS) is 11.2. The Balaban J connectivity index is 2.38. The van der Waals surface area contributed by atoms with E-state index in [1.165, 1.54) is 18.2 Å². The monoisotopic (exact) mass is 279 g/mol. The molecule has 102 valence electrons. The van der Waals surface area contributed by atoms with Crippen LogP contribution >= 0.6 is 0 Å². The second-order valence-electron chi connectivity index (χ2n) is 4.24. The van der Waals surface area contributed by atoms with Gasteiger partial charge in [-0.15, -0.1) is 0 Å². The van der Waals surface area contributed by atoms with Gasteiger partial charge in [0, 0.05) is 5.69 Å². The van der Waals surface area contributed by atoms with Crippen molar-refractivity contribution >= 4 is 16.7 Å². The largest absolute Gasteiger partial charge is 0.399 e. The van der Waals surface area contributed by atoms with Crippen molar-refractivity contribution in [2.45, 2.75) is 0 Å². The van der Waals surface area contributed by atoms with E-state index >= 15 is 0 Å². The number of hydrogen-bond acceptors (Lipinski definition) is 2. The van der Waals surface area contributed by atoms with E-state index in [4.69, 9.17) is 5.73 Å². The molecule has 3 aromatic rings. The third-order valence-electron chi connectivity index (χ3n) is 2.96. The van der Waals surface area contributed by atoms with Gasteiger partial charge in [-0.05, 0) is 30.3 Å². The van der Waals surface area contributed by atoms with Crippen LogP contribution in [0, 0.1) is 17.5 Å². The molecule has 0 amide bonds. The predicted octanol–water partition coefficient (Wildman–Crippen LogP) is 2.32. The highest BCUT2D eigenvalue weighted by Crippen LogP contribution is 2.22. The third-order valence-corrected chi connectivity index (χ3v) is 2.96. The van der Waals surface area contributed by atoms with Gasteiger partial charge in [-0.3, -0.25) is 4.57 Å². The maximum atomic E-state index is 13.8. The summed E-state index contributed by atoms with van der Waals surface area (Å²) in [5, 5.41) is 0. The van der Waals surface area contributed by atoms with Gasteiger partial charge in [-0.2, -0.15) is 0 Å². The zero-order valence-corrected chi connectivity index (χ0v) is 9.95. The fourth-order valence-corrected chi connectivity index (χ4v) is 2.06. The molecule has 0 saturated heterocycles. The third kappa shape index (κ3) is 1.67. The highest BCUT2D eigenvalue weighted by Gasteiger charge is 2.18. The number of benzene rings is 2. The minimum Gasteiger partial charge on any atom is -0.399 e. The lowest BCUT2D eigenvalue weighted by Gasteiger charge is -2.06. The smallest absolute Gasteiger partial charge is 0.331 e. The van der Waals surface area contributed by atoms with Crippen molar-refractivity contribution in [1.29, 1.82) is 0 Å². The molecule has 0 bridgehead atoms. The first-order valence-electron chi connectivity index (χ1n) is 5.63. The van der Waals surface area contributed by atoms with E-state index in [0.717, 1.165) is 16.7 Å². The number of H-pyrrole nitrogens is 1. The molecule has 0 saturated carbocycles. The first kappa shape index (κ1) is 12.3. The SMILES string of the molecule is Nc1ccc2c(c1)[nH]c(=O)n2-c1ccc(F)c(F)c1F. The summed E-state index contributed by atoms with van der Waals surface area (Å²) >= 11 is 0. The van der Waals surface area contributed by atoms with Crippen molar-refractivity contribution < 1.29 is 13.2 Å². The molecule has 4 nitrogen and oxygen atoms in total. The minimum absolute atomic E-state index is 0.314. The molecule has 3 N–H and O–H groups in total. The molecule has 1 heterocycles. The van der Waals surface area contributed by atoms with E-state index in [1.54, 1.807) is 0 Å². The first-order valence-corrected chi connectivity index (χ1v) is 5.63. The van der Waals surface area contributed by atoms with E-state index in [1.807, 2.05) is 0 Å². The van der Waals surface area contributed by atoms with Crippen LogP contribution in [0.5, 0.6) is 0 Å². The van der Waals surface area contributed by atoms with Crippen molar-refractivity contribution in [2.75, 3.05) is 5.73 Å². The molecule has 7 heteroatoms. The van der Waals surface area contributed by atoms with Crippen molar-refractivity contribution in [2.24, 2.45) is 0 Å². The van der Waals surface area contributed by atoms with Crippen LogP contribution in [0.3, 0.4) is 0 Å². The van der Waals surface area contributed by atoms with Crippen LogP contribution in [-0.4, -0.2) is 9.55 Å². The van der Waals surface area contributed by atoms with Crippen LogP contribution in [0.4, 0.5) is 18.9 Å². The second kappa shape index (κ2) is 4.16. The standard InChI is InChI=1S/C13H8F3N3O/c14-7-2-4-10(12(16)11(7)15)19-9-3-1-6(17)5-8(9)18-13(19)20/h1-5H,17H2,(H,18,20). The number of nitrogens with two attached hydrogens (primary N) is 1. The van der Waals surface area contributed by atoms with Gasteiger partial charge in [0.05, 0.1) is 16.7 Å². The Hall–Kier alpha value is -2.70. The number of hydrogen-bond donors (Lipinski definition) is 2. The lowest BCUT2D eigenvalue weighted by atomic mass is 10.2. The predicted molar refractivity (Wildman–Crippen MR) is 68.2 cm³/mol. The fourth-order valence-electron chi connectivity index (χ4n) is 2.06. The highest BCUT2D eigenvalue weighted by molar-refractivity contribution is 5.80. The molecule has 3 rings (SSSR count). The number of aromatic nitrogens is 2. The molecule has 0 spiro atoms. The summed E-state index contributed by atoms with van der Waals surface area (Å²) in [5.41, 5.74) is 5.64. The van der Waals surface area contributed by atoms with Gasteiger partial charge in [0.1, 0.15) is 0 Å². The van der Waals surface area contributed by atoms with Crippen LogP contribution in [-0.2, 0) is 0 Å². The van der Waals surface area contributed by atoms with Gasteiger partial charge in [0.25, 0.3) is 0 Å².